The van der Waals surface area contributed by atoms with E-state index in [4.69, 9.17) is 4.74 Å². The molecule has 23 heavy (non-hydrogen) atoms. The minimum Gasteiger partial charge on any atom is -0.444 e. The van der Waals surface area contributed by atoms with Crippen molar-refractivity contribution >= 4 is 6.09 Å². The number of amides is 1. The number of nitrogens with one attached hydrogen (secondary N) is 2. The molecular weight excluding hydrogens is 288 g/mol. The van der Waals surface area contributed by atoms with Crippen LogP contribution in [0.15, 0.2) is 0 Å². The molecule has 4 atom stereocenters. The highest BCUT2D eigenvalue weighted by atomic mass is 16.6. The van der Waals surface area contributed by atoms with Crippen LogP contribution in [0.3, 0.4) is 0 Å². The van der Waals surface area contributed by atoms with Gasteiger partial charge in [0.25, 0.3) is 0 Å². The van der Waals surface area contributed by atoms with Crippen LogP contribution in [0.2, 0.25) is 0 Å². The Kier molecular flexibility index (Phi) is 5.06. The van der Waals surface area contributed by atoms with Gasteiger partial charge in [-0.2, -0.15) is 0 Å². The molecule has 4 heteroatoms. The highest BCUT2D eigenvalue weighted by Crippen LogP contribution is 2.65. The maximum absolute atomic E-state index is 11.8. The minimum atomic E-state index is -0.443. The number of rotatable bonds is 5. The fourth-order valence-electron chi connectivity index (χ4n) is 4.58. The van der Waals surface area contributed by atoms with E-state index < -0.39 is 5.60 Å². The molecule has 0 heterocycles. The van der Waals surface area contributed by atoms with Crippen molar-refractivity contribution < 1.29 is 9.53 Å². The van der Waals surface area contributed by atoms with E-state index in [0.29, 0.717) is 29.5 Å². The molecule has 0 aromatic heterocycles. The summed E-state index contributed by atoms with van der Waals surface area (Å²) < 4.78 is 5.33. The Bertz CT molecular complexity index is 441. The predicted octanol–water partition coefficient (Wildman–Crippen LogP) is 4.09. The summed E-state index contributed by atoms with van der Waals surface area (Å²) in [6.07, 6.45) is 4.64. The van der Waals surface area contributed by atoms with Crippen LogP contribution in [-0.4, -0.2) is 30.3 Å². The third kappa shape index (κ3) is 3.67. The summed E-state index contributed by atoms with van der Waals surface area (Å²) in [7, 11) is 0. The maximum atomic E-state index is 11.8. The summed E-state index contributed by atoms with van der Waals surface area (Å²) >= 11 is 0. The number of carbonyl (C=O) groups is 1. The van der Waals surface area contributed by atoms with Crippen LogP contribution in [0.1, 0.15) is 74.1 Å². The topological polar surface area (TPSA) is 50.4 Å². The second-order valence-corrected chi connectivity index (χ2v) is 9.32. The summed E-state index contributed by atoms with van der Waals surface area (Å²) in [5, 5.41) is 6.76. The summed E-state index contributed by atoms with van der Waals surface area (Å²) in [6.45, 7) is 15.8. The number of fused-ring (bicyclic) bond motifs is 2. The van der Waals surface area contributed by atoms with Crippen molar-refractivity contribution in [1.29, 1.82) is 0 Å². The zero-order valence-corrected chi connectivity index (χ0v) is 16.1. The van der Waals surface area contributed by atoms with Crippen LogP contribution in [0.4, 0.5) is 4.79 Å². The van der Waals surface area contributed by atoms with Crippen LogP contribution < -0.4 is 10.6 Å². The van der Waals surface area contributed by atoms with Gasteiger partial charge in [-0.25, -0.2) is 4.79 Å². The second-order valence-electron chi connectivity index (χ2n) is 9.32. The average molecular weight is 325 g/mol. The number of alkyl carbamates (subject to hydrolysis) is 1. The first-order valence-electron chi connectivity index (χ1n) is 9.22. The fourth-order valence-corrected chi connectivity index (χ4v) is 4.58. The molecule has 2 aliphatic carbocycles. The maximum Gasteiger partial charge on any atom is 0.407 e. The Balaban J connectivity index is 1.88. The molecule has 2 aliphatic rings. The Morgan fingerprint density at radius 2 is 1.96 bits per heavy atom. The van der Waals surface area contributed by atoms with Gasteiger partial charge in [0.15, 0.2) is 0 Å². The van der Waals surface area contributed by atoms with E-state index in [2.05, 4.69) is 38.3 Å². The lowest BCUT2D eigenvalue weighted by atomic mass is 9.69. The van der Waals surface area contributed by atoms with Gasteiger partial charge in [0, 0.05) is 18.6 Å². The Hall–Kier alpha value is -0.770. The molecule has 0 aromatic rings. The molecule has 0 aromatic carbocycles. The van der Waals surface area contributed by atoms with Crippen LogP contribution in [0.5, 0.6) is 0 Å². The average Bonchev–Trinajstić information content (AvgIpc) is 2.74. The SMILES string of the molecule is CCC(CNC(=O)OC(C)(C)C)NC1CC2CCC1(C)C2(C)C. The normalized spacial score (nSPS) is 33.5. The summed E-state index contributed by atoms with van der Waals surface area (Å²) in [5.41, 5.74) is 0.347. The lowest BCUT2D eigenvalue weighted by Crippen LogP contribution is -2.51. The van der Waals surface area contributed by atoms with Crippen molar-refractivity contribution in [3.8, 4) is 0 Å². The Morgan fingerprint density at radius 3 is 2.39 bits per heavy atom. The van der Waals surface area contributed by atoms with E-state index in [0.717, 1.165) is 12.3 Å². The molecule has 0 saturated heterocycles. The van der Waals surface area contributed by atoms with Gasteiger partial charge in [-0.05, 0) is 63.2 Å². The van der Waals surface area contributed by atoms with Crippen LogP contribution >= 0.6 is 0 Å². The van der Waals surface area contributed by atoms with Crippen molar-refractivity contribution in [3.05, 3.63) is 0 Å². The molecule has 4 nitrogen and oxygen atoms in total. The number of ether oxygens (including phenoxy) is 1. The van der Waals surface area contributed by atoms with E-state index in [-0.39, 0.29) is 6.09 Å². The third-order valence-electron chi connectivity index (χ3n) is 6.62. The van der Waals surface area contributed by atoms with Crippen molar-refractivity contribution in [1.82, 2.24) is 10.6 Å². The lowest BCUT2D eigenvalue weighted by molar-refractivity contribution is 0.0517. The van der Waals surface area contributed by atoms with E-state index in [1.54, 1.807) is 0 Å². The standard InChI is InChI=1S/C19H36N2O2/c1-8-14(12-20-16(22)23-17(2,3)4)21-15-11-13-9-10-19(15,7)18(13,5)6/h13-15,21H,8-12H2,1-7H3,(H,20,22). The van der Waals surface area contributed by atoms with Gasteiger partial charge in [-0.3, -0.25) is 0 Å². The first-order chi connectivity index (χ1) is 10.5. The minimum absolute atomic E-state index is 0.305. The first kappa shape index (κ1) is 18.6. The zero-order valence-electron chi connectivity index (χ0n) is 16.1. The lowest BCUT2D eigenvalue weighted by Gasteiger charge is -2.41. The van der Waals surface area contributed by atoms with E-state index in [1.165, 1.54) is 19.3 Å². The number of hydrogen-bond donors (Lipinski definition) is 2. The molecule has 2 N–H and O–H groups in total. The molecule has 4 unspecified atom stereocenters. The van der Waals surface area contributed by atoms with Gasteiger partial charge >= 0.3 is 6.09 Å². The van der Waals surface area contributed by atoms with Gasteiger partial charge in [0.2, 0.25) is 0 Å². The molecule has 1 amide bonds. The highest BCUT2D eigenvalue weighted by Gasteiger charge is 2.61. The second kappa shape index (κ2) is 6.27. The molecule has 2 rings (SSSR count). The van der Waals surface area contributed by atoms with E-state index in [9.17, 15) is 4.79 Å². The molecule has 0 radical (unpaired) electrons. The molecule has 2 fully saturated rings. The summed E-state index contributed by atoms with van der Waals surface area (Å²) in [6, 6.07) is 0.862. The van der Waals surface area contributed by atoms with Gasteiger partial charge in [-0.15, -0.1) is 0 Å². The van der Waals surface area contributed by atoms with Crippen molar-refractivity contribution in [2.75, 3.05) is 6.54 Å². The first-order valence-corrected chi connectivity index (χ1v) is 9.22. The monoisotopic (exact) mass is 324 g/mol. The fraction of sp³-hybridized carbons (Fsp3) is 0.947. The van der Waals surface area contributed by atoms with Crippen LogP contribution in [-0.2, 0) is 4.74 Å². The summed E-state index contributed by atoms with van der Waals surface area (Å²) in [4.78, 5) is 11.8. The van der Waals surface area contributed by atoms with Crippen molar-refractivity contribution in [3.63, 3.8) is 0 Å². The number of hydrogen-bond acceptors (Lipinski definition) is 3. The summed E-state index contributed by atoms with van der Waals surface area (Å²) in [5.74, 6) is 0.835. The van der Waals surface area contributed by atoms with Crippen LogP contribution in [0.25, 0.3) is 0 Å². The largest absolute Gasteiger partial charge is 0.444 e. The van der Waals surface area contributed by atoms with Gasteiger partial charge in [-0.1, -0.05) is 27.7 Å². The zero-order chi connectivity index (χ0) is 17.5. The van der Waals surface area contributed by atoms with Gasteiger partial charge in [0.1, 0.15) is 5.60 Å². The molecule has 0 spiro atoms. The molecule has 0 aliphatic heterocycles. The van der Waals surface area contributed by atoms with E-state index in [1.807, 2.05) is 20.8 Å². The van der Waals surface area contributed by atoms with Gasteiger partial charge in [0.05, 0.1) is 0 Å². The third-order valence-corrected chi connectivity index (χ3v) is 6.62. The van der Waals surface area contributed by atoms with Crippen molar-refractivity contribution in [2.45, 2.75) is 91.8 Å². The van der Waals surface area contributed by atoms with Gasteiger partial charge < -0.3 is 15.4 Å². The quantitative estimate of drug-likeness (QED) is 0.800. The van der Waals surface area contributed by atoms with Crippen molar-refractivity contribution in [2.24, 2.45) is 16.7 Å². The highest BCUT2D eigenvalue weighted by molar-refractivity contribution is 5.67. The Morgan fingerprint density at radius 1 is 1.30 bits per heavy atom. The smallest absolute Gasteiger partial charge is 0.407 e. The molecular formula is C19H36N2O2. The Labute approximate surface area is 142 Å². The number of carbonyl (C=O) groups excluding carboxylic acids is 1. The molecule has 2 saturated carbocycles. The predicted molar refractivity (Wildman–Crippen MR) is 94.5 cm³/mol. The molecule has 134 valence electrons. The van der Waals surface area contributed by atoms with E-state index >= 15 is 0 Å². The van der Waals surface area contributed by atoms with Crippen LogP contribution in [0, 0.1) is 16.7 Å². The molecule has 2 bridgehead atoms.